The molecule has 2 rings (SSSR count). The fourth-order valence-corrected chi connectivity index (χ4v) is 2.06. The third-order valence-electron chi connectivity index (χ3n) is 3.55. The molecule has 0 spiro atoms. The van der Waals surface area contributed by atoms with Crippen LogP contribution in [0.25, 0.3) is 0 Å². The maximum Gasteiger partial charge on any atom is 0.0213 e. The summed E-state index contributed by atoms with van der Waals surface area (Å²) in [5.74, 6) is 0. The first-order valence-corrected chi connectivity index (χ1v) is 10.9. The summed E-state index contributed by atoms with van der Waals surface area (Å²) in [6, 6.07) is 13.2. The van der Waals surface area contributed by atoms with Crippen LogP contribution < -0.4 is 0 Å². The fourth-order valence-electron chi connectivity index (χ4n) is 2.06. The van der Waals surface area contributed by atoms with Crippen molar-refractivity contribution in [1.29, 1.82) is 0 Å². The molecule has 0 amide bonds. The van der Waals surface area contributed by atoms with E-state index in [1.165, 1.54) is 22.3 Å². The van der Waals surface area contributed by atoms with Crippen LogP contribution in [0, 0.1) is 13.8 Å². The van der Waals surface area contributed by atoms with Gasteiger partial charge in [0.05, 0.1) is 0 Å². The average Bonchev–Trinajstić information content (AvgIpc) is 2.98. The SMILES string of the molecule is C[SiH]C.Cc1cc(C(C)(C)C)c[cH-]1.Cc1cc(C(C)(C)C)c[cH-]1.Cl.[Sc]. The van der Waals surface area contributed by atoms with Crippen LogP contribution >= 0.6 is 12.4 Å². The zero-order valence-corrected chi connectivity index (χ0v) is 21.8. The smallest absolute Gasteiger partial charge is 0.0213 e. The number of hydrogen-bond acceptors (Lipinski definition) is 0. The van der Waals surface area contributed by atoms with Gasteiger partial charge in [0.15, 0.2) is 0 Å². The van der Waals surface area contributed by atoms with Gasteiger partial charge in [0.1, 0.15) is 0 Å². The van der Waals surface area contributed by atoms with E-state index in [-0.39, 0.29) is 38.3 Å². The molecule has 0 saturated heterocycles. The van der Waals surface area contributed by atoms with Gasteiger partial charge in [-0.1, -0.05) is 79.3 Å². The largest absolute Gasteiger partial charge is 0.207 e. The summed E-state index contributed by atoms with van der Waals surface area (Å²) in [5, 5.41) is 0. The summed E-state index contributed by atoms with van der Waals surface area (Å²) < 4.78 is 0. The molecule has 0 aliphatic rings. The molecule has 142 valence electrons. The van der Waals surface area contributed by atoms with Crippen LogP contribution in [0.3, 0.4) is 0 Å². The zero-order valence-electron chi connectivity index (χ0n) is 18.0. The van der Waals surface area contributed by atoms with Crippen LogP contribution in [0.15, 0.2) is 36.4 Å². The van der Waals surface area contributed by atoms with Gasteiger partial charge in [-0.3, -0.25) is 0 Å². The summed E-state index contributed by atoms with van der Waals surface area (Å²) >= 11 is 0. The Hall–Kier alpha value is 0.0770. The molecule has 0 aliphatic heterocycles. The summed E-state index contributed by atoms with van der Waals surface area (Å²) in [7, 11) is 0.750. The first-order chi connectivity index (χ1) is 10.4. The van der Waals surface area contributed by atoms with Crippen molar-refractivity contribution in [2.45, 2.75) is 79.3 Å². The van der Waals surface area contributed by atoms with E-state index in [1.54, 1.807) is 0 Å². The van der Waals surface area contributed by atoms with Crippen LogP contribution in [-0.4, -0.2) is 9.52 Å². The van der Waals surface area contributed by atoms with E-state index in [9.17, 15) is 0 Å². The first kappa shape index (κ1) is 29.8. The van der Waals surface area contributed by atoms with Crippen molar-refractivity contribution in [3.05, 3.63) is 58.7 Å². The van der Waals surface area contributed by atoms with E-state index in [0.717, 1.165) is 9.52 Å². The quantitative estimate of drug-likeness (QED) is 0.325. The molecule has 3 heteroatoms. The molecular weight excluding hydrogens is 373 g/mol. The Balaban J connectivity index is -0.000000313. The molecule has 2 radical (unpaired) electrons. The molecule has 0 unspecified atom stereocenters. The molecular formula is C22H38ClScSi-2. The molecule has 0 heterocycles. The van der Waals surface area contributed by atoms with E-state index in [4.69, 9.17) is 0 Å². The van der Waals surface area contributed by atoms with Crippen LogP contribution in [0.5, 0.6) is 0 Å². The van der Waals surface area contributed by atoms with Gasteiger partial charge in [-0.05, 0) is 0 Å². The van der Waals surface area contributed by atoms with Gasteiger partial charge in [0, 0.05) is 35.4 Å². The van der Waals surface area contributed by atoms with Crippen LogP contribution in [0.4, 0.5) is 0 Å². The third kappa shape index (κ3) is 13.0. The molecule has 0 nitrogen and oxygen atoms in total. The Morgan fingerprint density at radius 1 is 0.720 bits per heavy atom. The summed E-state index contributed by atoms with van der Waals surface area (Å²) in [6.07, 6.45) is 0. The minimum Gasteiger partial charge on any atom is -0.207 e. The second-order valence-corrected chi connectivity index (χ2v) is 9.59. The molecule has 0 saturated carbocycles. The van der Waals surface area contributed by atoms with Gasteiger partial charge in [-0.15, -0.1) is 12.4 Å². The second-order valence-electron chi connectivity index (χ2n) is 8.43. The molecule has 0 aromatic heterocycles. The van der Waals surface area contributed by atoms with Crippen molar-refractivity contribution >= 4 is 21.9 Å². The van der Waals surface area contributed by atoms with Crippen molar-refractivity contribution in [1.82, 2.24) is 0 Å². The van der Waals surface area contributed by atoms with Crippen molar-refractivity contribution in [2.75, 3.05) is 0 Å². The molecule has 0 N–H and O–H groups in total. The van der Waals surface area contributed by atoms with Crippen molar-refractivity contribution in [3.63, 3.8) is 0 Å². The Labute approximate surface area is 184 Å². The van der Waals surface area contributed by atoms with Crippen molar-refractivity contribution in [2.24, 2.45) is 0 Å². The molecule has 0 aliphatic carbocycles. The Morgan fingerprint density at radius 2 is 0.960 bits per heavy atom. The van der Waals surface area contributed by atoms with Crippen molar-refractivity contribution in [3.8, 4) is 0 Å². The van der Waals surface area contributed by atoms with E-state index in [2.05, 4.69) is 105 Å². The van der Waals surface area contributed by atoms with Gasteiger partial charge in [0.2, 0.25) is 0 Å². The number of aryl methyl sites for hydroxylation is 2. The van der Waals surface area contributed by atoms with E-state index in [0.29, 0.717) is 10.8 Å². The molecule has 0 fully saturated rings. The van der Waals surface area contributed by atoms with Crippen LogP contribution in [0.1, 0.15) is 63.8 Å². The maximum absolute atomic E-state index is 2.25. The number of hydrogen-bond donors (Lipinski definition) is 0. The molecule has 2 aromatic carbocycles. The normalized spacial score (nSPS) is 10.3. The van der Waals surface area contributed by atoms with Gasteiger partial charge in [-0.2, -0.15) is 46.5 Å². The summed E-state index contributed by atoms with van der Waals surface area (Å²) in [4.78, 5) is 0. The van der Waals surface area contributed by atoms with Crippen LogP contribution in [-0.2, 0) is 36.7 Å². The van der Waals surface area contributed by atoms with E-state index < -0.39 is 0 Å². The van der Waals surface area contributed by atoms with Crippen molar-refractivity contribution < 1.29 is 25.8 Å². The minimum atomic E-state index is 0. The molecule has 2 aromatic rings. The average molecular weight is 411 g/mol. The van der Waals surface area contributed by atoms with E-state index in [1.807, 2.05) is 0 Å². The number of rotatable bonds is 0. The maximum atomic E-state index is 2.25. The monoisotopic (exact) mass is 410 g/mol. The Kier molecular flexibility index (Phi) is 15.8. The van der Waals surface area contributed by atoms with Crippen LogP contribution in [0.2, 0.25) is 13.1 Å². The fraction of sp³-hybridized carbons (Fsp3) is 0.545. The zero-order chi connectivity index (χ0) is 18.3. The van der Waals surface area contributed by atoms with Gasteiger partial charge in [0.25, 0.3) is 0 Å². The first-order valence-electron chi connectivity index (χ1n) is 8.63. The third-order valence-corrected chi connectivity index (χ3v) is 3.55. The van der Waals surface area contributed by atoms with Gasteiger partial charge in [-0.25, -0.2) is 12.1 Å². The molecule has 0 bridgehead atoms. The molecule has 25 heavy (non-hydrogen) atoms. The Bertz CT molecular complexity index is 503. The summed E-state index contributed by atoms with van der Waals surface area (Å²) in [6.45, 7) is 22.1. The Morgan fingerprint density at radius 3 is 1.04 bits per heavy atom. The van der Waals surface area contributed by atoms with Gasteiger partial charge >= 0.3 is 0 Å². The van der Waals surface area contributed by atoms with E-state index >= 15 is 0 Å². The topological polar surface area (TPSA) is 0 Å². The predicted octanol–water partition coefficient (Wildman–Crippen LogP) is 6.96. The standard InChI is InChI=1S/2C10H15.C2H7Si.ClH.Sc/c2*1-8-5-6-9(7-8)10(2,3)4;1-3-2;;/h2*5-7H,1-4H3;3H,1-2H3;1H;/q2*-1;;;. The molecule has 0 atom stereocenters. The van der Waals surface area contributed by atoms with Gasteiger partial charge < -0.3 is 0 Å². The number of halogens is 1. The summed E-state index contributed by atoms with van der Waals surface area (Å²) in [5.41, 5.74) is 6.23. The minimum absolute atomic E-state index is 0. The second kappa shape index (κ2) is 13.3. The predicted molar refractivity (Wildman–Crippen MR) is 117 cm³/mol.